The normalized spacial score (nSPS) is 33.1. The molecule has 0 radical (unpaired) electrons. The summed E-state index contributed by atoms with van der Waals surface area (Å²) in [5.41, 5.74) is 1.81. The van der Waals surface area contributed by atoms with Gasteiger partial charge in [-0.25, -0.2) is 0 Å². The number of quaternary nitrogens is 1. The average molecular weight is 218 g/mol. The predicted octanol–water partition coefficient (Wildman–Crippen LogP) is 1.30. The molecule has 2 unspecified atom stereocenters. The first-order chi connectivity index (χ1) is 5.92. The maximum atomic E-state index is 2.50. The molecule has 2 fully saturated rings. The van der Waals surface area contributed by atoms with Crippen LogP contribution in [0.2, 0.25) is 0 Å². The Balaban J connectivity index is 0.000000845. The molecule has 0 heterocycles. The van der Waals surface area contributed by atoms with Crippen LogP contribution in [0, 0.1) is 11.8 Å². The average Bonchev–Trinajstić information content (AvgIpc) is 2.50. The third kappa shape index (κ3) is 2.74. The van der Waals surface area contributed by atoms with E-state index in [1.165, 1.54) is 44.9 Å². The monoisotopic (exact) mass is 217 g/mol. The molecule has 1 nitrogen and oxygen atoms in total. The molecule has 0 aromatic rings. The van der Waals surface area contributed by atoms with Crippen molar-refractivity contribution >= 4 is 0 Å². The van der Waals surface area contributed by atoms with Gasteiger partial charge in [0.15, 0.2) is 0 Å². The summed E-state index contributed by atoms with van der Waals surface area (Å²) in [5, 5.41) is 0. The Morgan fingerprint density at radius 1 is 1.21 bits per heavy atom. The van der Waals surface area contributed by atoms with E-state index in [-0.39, 0.29) is 18.6 Å². The van der Waals surface area contributed by atoms with Crippen molar-refractivity contribution in [2.75, 3.05) is 0 Å². The summed E-state index contributed by atoms with van der Waals surface area (Å²) < 4.78 is 0. The van der Waals surface area contributed by atoms with E-state index >= 15 is 0 Å². The highest BCUT2D eigenvalue weighted by atomic mass is 35.5. The molecule has 0 saturated heterocycles. The third-order valence-corrected chi connectivity index (χ3v) is 3.66. The fourth-order valence-electron chi connectivity index (χ4n) is 3.09. The zero-order chi connectivity index (χ0) is 8.39. The lowest BCUT2D eigenvalue weighted by atomic mass is 9.80. The van der Waals surface area contributed by atoms with Gasteiger partial charge >= 0.3 is 0 Å². The van der Waals surface area contributed by atoms with Crippen LogP contribution in [0.15, 0.2) is 11.6 Å². The Morgan fingerprint density at radius 2 is 1.93 bits per heavy atom. The van der Waals surface area contributed by atoms with Crippen LogP contribution in [-0.4, -0.2) is 0 Å². The summed E-state index contributed by atoms with van der Waals surface area (Å²) in [6.45, 7) is 2.27. The first-order valence-electron chi connectivity index (χ1n) is 5.60. The van der Waals surface area contributed by atoms with Gasteiger partial charge in [0, 0.05) is 0 Å². The summed E-state index contributed by atoms with van der Waals surface area (Å²) in [6.07, 6.45) is 12.7. The van der Waals surface area contributed by atoms with E-state index in [2.05, 4.69) is 13.0 Å². The summed E-state index contributed by atoms with van der Waals surface area (Å²) >= 11 is 0. The Bertz CT molecular complexity index is 189. The lowest BCUT2D eigenvalue weighted by molar-refractivity contribution is -0.00000306. The van der Waals surface area contributed by atoms with E-state index in [1.807, 2.05) is 5.57 Å². The molecule has 2 saturated carbocycles. The highest BCUT2D eigenvalue weighted by molar-refractivity contribution is 5.14. The van der Waals surface area contributed by atoms with Crippen molar-refractivity contribution in [3.8, 4) is 0 Å². The van der Waals surface area contributed by atoms with E-state index < -0.39 is 0 Å². The van der Waals surface area contributed by atoms with Gasteiger partial charge in [0.25, 0.3) is 0 Å². The Hall–Kier alpha value is -0.0100. The molecular formula is C12H24ClN. The molecule has 0 aromatic carbocycles. The lowest BCUT2D eigenvalue weighted by Gasteiger charge is -2.25. The Labute approximate surface area is 94.3 Å². The SMILES string of the molecule is CCC=C1CCC2CCCCC12.[Cl-].[NH4+]. The highest BCUT2D eigenvalue weighted by Gasteiger charge is 2.32. The molecule has 4 N–H and O–H groups in total. The summed E-state index contributed by atoms with van der Waals surface area (Å²) in [7, 11) is 0. The van der Waals surface area contributed by atoms with Crippen LogP contribution in [0.25, 0.3) is 0 Å². The van der Waals surface area contributed by atoms with Crippen LogP contribution in [0.5, 0.6) is 0 Å². The quantitative estimate of drug-likeness (QED) is 0.644. The van der Waals surface area contributed by atoms with Gasteiger partial charge in [0.2, 0.25) is 0 Å². The van der Waals surface area contributed by atoms with Gasteiger partial charge in [-0.2, -0.15) is 0 Å². The molecule has 0 aliphatic heterocycles. The van der Waals surface area contributed by atoms with Gasteiger partial charge in [-0.05, 0) is 43.9 Å². The van der Waals surface area contributed by atoms with Crippen molar-refractivity contribution in [1.29, 1.82) is 0 Å². The van der Waals surface area contributed by atoms with Gasteiger partial charge in [-0.3, -0.25) is 0 Å². The largest absolute Gasteiger partial charge is 1.00 e. The molecule has 0 amide bonds. The Morgan fingerprint density at radius 3 is 2.64 bits per heavy atom. The molecule has 2 aliphatic carbocycles. The second kappa shape index (κ2) is 6.47. The van der Waals surface area contributed by atoms with Crippen molar-refractivity contribution in [2.24, 2.45) is 11.8 Å². The predicted molar refractivity (Wildman–Crippen MR) is 59.0 cm³/mol. The molecule has 2 atom stereocenters. The maximum absolute atomic E-state index is 2.50. The summed E-state index contributed by atoms with van der Waals surface area (Å²) in [5.74, 6) is 2.09. The third-order valence-electron chi connectivity index (χ3n) is 3.66. The molecule has 2 heteroatoms. The topological polar surface area (TPSA) is 36.5 Å². The number of hydrogen-bond donors (Lipinski definition) is 1. The minimum Gasteiger partial charge on any atom is -1.00 e. The second-order valence-corrected chi connectivity index (χ2v) is 4.38. The maximum Gasteiger partial charge on any atom is -0.0175 e. The lowest BCUT2D eigenvalue weighted by Crippen LogP contribution is -3.00. The zero-order valence-electron chi connectivity index (χ0n) is 9.56. The fraction of sp³-hybridized carbons (Fsp3) is 0.833. The molecule has 0 spiro atoms. The van der Waals surface area contributed by atoms with E-state index in [4.69, 9.17) is 0 Å². The molecule has 84 valence electrons. The zero-order valence-corrected chi connectivity index (χ0v) is 10.3. The van der Waals surface area contributed by atoms with Gasteiger partial charge in [-0.15, -0.1) is 0 Å². The molecule has 0 aromatic heterocycles. The van der Waals surface area contributed by atoms with E-state index in [1.54, 1.807) is 0 Å². The Kier molecular flexibility index (Phi) is 6.46. The molecule has 14 heavy (non-hydrogen) atoms. The van der Waals surface area contributed by atoms with Crippen LogP contribution in [0.3, 0.4) is 0 Å². The van der Waals surface area contributed by atoms with Gasteiger partial charge in [-0.1, -0.05) is 31.4 Å². The summed E-state index contributed by atoms with van der Waals surface area (Å²) in [6, 6.07) is 0. The fourth-order valence-corrected chi connectivity index (χ4v) is 3.09. The van der Waals surface area contributed by atoms with Gasteiger partial charge < -0.3 is 18.6 Å². The van der Waals surface area contributed by atoms with Crippen LogP contribution in [-0.2, 0) is 0 Å². The number of fused-ring (bicyclic) bond motifs is 1. The molecule has 0 bridgehead atoms. The number of rotatable bonds is 1. The van der Waals surface area contributed by atoms with Crippen molar-refractivity contribution in [3.63, 3.8) is 0 Å². The van der Waals surface area contributed by atoms with Gasteiger partial charge in [0.1, 0.15) is 0 Å². The smallest absolute Gasteiger partial charge is 0.0175 e. The first-order valence-corrected chi connectivity index (χ1v) is 5.60. The van der Waals surface area contributed by atoms with Crippen LogP contribution in [0.1, 0.15) is 51.9 Å². The van der Waals surface area contributed by atoms with Crippen molar-refractivity contribution in [1.82, 2.24) is 6.15 Å². The number of allylic oxidation sites excluding steroid dienone is 2. The molecular weight excluding hydrogens is 194 g/mol. The minimum atomic E-state index is 0. The molecule has 2 rings (SSSR count). The van der Waals surface area contributed by atoms with Gasteiger partial charge in [0.05, 0.1) is 0 Å². The number of hydrogen-bond acceptors (Lipinski definition) is 0. The summed E-state index contributed by atoms with van der Waals surface area (Å²) in [4.78, 5) is 0. The van der Waals surface area contributed by atoms with Crippen LogP contribution in [0.4, 0.5) is 0 Å². The van der Waals surface area contributed by atoms with Crippen molar-refractivity contribution in [3.05, 3.63) is 11.6 Å². The van der Waals surface area contributed by atoms with E-state index in [0.717, 1.165) is 11.8 Å². The standard InChI is InChI=1S/C12H20.ClH.H3N/c1-2-5-10-8-9-11-6-3-4-7-12(10)11;;/h5,11-12H,2-4,6-9H2,1H3;1H;1H3. The van der Waals surface area contributed by atoms with Crippen molar-refractivity contribution < 1.29 is 12.4 Å². The highest BCUT2D eigenvalue weighted by Crippen LogP contribution is 2.45. The van der Waals surface area contributed by atoms with E-state index in [0.29, 0.717) is 0 Å². The minimum absolute atomic E-state index is 0. The van der Waals surface area contributed by atoms with E-state index in [9.17, 15) is 0 Å². The second-order valence-electron chi connectivity index (χ2n) is 4.38. The van der Waals surface area contributed by atoms with Crippen molar-refractivity contribution in [2.45, 2.75) is 51.9 Å². The first kappa shape index (κ1) is 14.0. The molecule has 2 aliphatic rings. The van der Waals surface area contributed by atoms with Crippen LogP contribution < -0.4 is 18.6 Å². The van der Waals surface area contributed by atoms with Crippen LogP contribution >= 0.6 is 0 Å². The number of halogens is 1.